The highest BCUT2D eigenvalue weighted by atomic mass is 19.1. The van der Waals surface area contributed by atoms with E-state index < -0.39 is 5.82 Å². The van der Waals surface area contributed by atoms with Crippen molar-refractivity contribution in [3.63, 3.8) is 0 Å². The first-order chi connectivity index (χ1) is 17.2. The molecule has 1 aliphatic carbocycles. The van der Waals surface area contributed by atoms with Crippen molar-refractivity contribution in [3.8, 4) is 22.5 Å². The Morgan fingerprint density at radius 2 is 1.69 bits per heavy atom. The van der Waals surface area contributed by atoms with Crippen molar-refractivity contribution in [1.82, 2.24) is 24.3 Å². The third-order valence-corrected chi connectivity index (χ3v) is 7.51. The number of nitrogens with one attached hydrogen (secondary N) is 1. The molecule has 4 heterocycles. The van der Waals surface area contributed by atoms with E-state index in [4.69, 9.17) is 0 Å². The van der Waals surface area contributed by atoms with Crippen LogP contribution in [-0.2, 0) is 0 Å². The van der Waals surface area contributed by atoms with E-state index >= 15 is 0 Å². The van der Waals surface area contributed by atoms with Gasteiger partial charge in [-0.3, -0.25) is 4.40 Å². The maximum Gasteiger partial charge on any atom is 0.223 e. The molecule has 1 N–H and O–H groups in total. The second-order valence-corrected chi connectivity index (χ2v) is 9.92. The molecule has 4 aromatic rings. The molecular formula is C28H31FN6. The lowest BCUT2D eigenvalue weighted by atomic mass is 10.0. The van der Waals surface area contributed by atoms with E-state index in [2.05, 4.69) is 37.3 Å². The summed E-state index contributed by atoms with van der Waals surface area (Å²) in [6.45, 7) is 3.43. The van der Waals surface area contributed by atoms with E-state index in [0.717, 1.165) is 48.6 Å². The molecule has 3 aromatic heterocycles. The maximum atomic E-state index is 14.9. The Labute approximate surface area is 205 Å². The second kappa shape index (κ2) is 9.74. The molecule has 0 bridgehead atoms. The van der Waals surface area contributed by atoms with Gasteiger partial charge >= 0.3 is 0 Å². The smallest absolute Gasteiger partial charge is 0.223 e. The first-order valence-electron chi connectivity index (χ1n) is 12.8. The number of rotatable bonds is 6. The summed E-state index contributed by atoms with van der Waals surface area (Å²) in [5.74, 6) is 0.911. The average Bonchev–Trinajstić information content (AvgIpc) is 3.56. The predicted octanol–water partition coefficient (Wildman–Crippen LogP) is 5.66. The van der Waals surface area contributed by atoms with E-state index in [-0.39, 0.29) is 5.69 Å². The van der Waals surface area contributed by atoms with E-state index in [1.54, 1.807) is 6.20 Å². The minimum absolute atomic E-state index is 0.263. The number of anilines is 1. The van der Waals surface area contributed by atoms with Crippen molar-refractivity contribution >= 4 is 11.6 Å². The van der Waals surface area contributed by atoms with Crippen molar-refractivity contribution in [2.24, 2.45) is 5.92 Å². The lowest BCUT2D eigenvalue weighted by molar-refractivity contribution is 0.189. The van der Waals surface area contributed by atoms with Crippen LogP contribution in [0.2, 0.25) is 0 Å². The standard InChI is InChI=1S/C28H31FN6/c29-24-16-31-28(32-23-12-14-34(15-13-23)18-20-6-4-5-7-20)33-27(24)25-17-30-26-11-10-22(19-35(25)26)21-8-2-1-3-9-21/h1-3,8-11,16-17,19-20,23H,4-7,12-15,18H2,(H,31,32,33). The van der Waals surface area contributed by atoms with Crippen LogP contribution in [0.5, 0.6) is 0 Å². The van der Waals surface area contributed by atoms with Gasteiger partial charge in [0.1, 0.15) is 11.3 Å². The maximum absolute atomic E-state index is 14.9. The van der Waals surface area contributed by atoms with Crippen LogP contribution in [0.3, 0.4) is 0 Å². The van der Waals surface area contributed by atoms with Gasteiger partial charge in [-0.05, 0) is 54.9 Å². The van der Waals surface area contributed by atoms with Gasteiger partial charge in [-0.15, -0.1) is 0 Å². The largest absolute Gasteiger partial charge is 0.351 e. The quantitative estimate of drug-likeness (QED) is 0.394. The van der Waals surface area contributed by atoms with Crippen molar-refractivity contribution in [2.45, 2.75) is 44.6 Å². The van der Waals surface area contributed by atoms with Gasteiger partial charge in [-0.1, -0.05) is 43.2 Å². The van der Waals surface area contributed by atoms with E-state index in [1.807, 2.05) is 40.9 Å². The van der Waals surface area contributed by atoms with Gasteiger partial charge in [-0.25, -0.2) is 19.3 Å². The van der Waals surface area contributed by atoms with Crippen LogP contribution in [0.4, 0.5) is 10.3 Å². The van der Waals surface area contributed by atoms with Crippen LogP contribution in [0.1, 0.15) is 38.5 Å². The summed E-state index contributed by atoms with van der Waals surface area (Å²) in [5, 5.41) is 3.46. The number of likely N-dealkylation sites (tertiary alicyclic amines) is 1. The van der Waals surface area contributed by atoms with Crippen LogP contribution < -0.4 is 5.32 Å². The zero-order valence-corrected chi connectivity index (χ0v) is 19.9. The molecule has 0 radical (unpaired) electrons. The first kappa shape index (κ1) is 22.2. The van der Waals surface area contributed by atoms with Crippen molar-refractivity contribution in [3.05, 3.63) is 66.9 Å². The van der Waals surface area contributed by atoms with Crippen molar-refractivity contribution < 1.29 is 4.39 Å². The molecule has 35 heavy (non-hydrogen) atoms. The van der Waals surface area contributed by atoms with Gasteiger partial charge in [0, 0.05) is 31.9 Å². The third kappa shape index (κ3) is 4.78. The lowest BCUT2D eigenvalue weighted by Gasteiger charge is -2.33. The number of benzene rings is 1. The zero-order chi connectivity index (χ0) is 23.6. The normalized spacial score (nSPS) is 17.9. The molecular weight excluding hydrogens is 439 g/mol. The molecule has 1 aliphatic heterocycles. The molecule has 7 heteroatoms. The third-order valence-electron chi connectivity index (χ3n) is 7.51. The molecule has 0 atom stereocenters. The van der Waals surface area contributed by atoms with Crippen LogP contribution in [0.25, 0.3) is 28.2 Å². The summed E-state index contributed by atoms with van der Waals surface area (Å²) in [6, 6.07) is 14.4. The van der Waals surface area contributed by atoms with Gasteiger partial charge < -0.3 is 10.2 Å². The number of nitrogens with zero attached hydrogens (tertiary/aromatic N) is 5. The summed E-state index contributed by atoms with van der Waals surface area (Å²) in [6.07, 6.45) is 12.6. The monoisotopic (exact) mass is 470 g/mol. The Bertz CT molecular complexity index is 1290. The van der Waals surface area contributed by atoms with Gasteiger partial charge in [-0.2, -0.15) is 0 Å². The summed E-state index contributed by atoms with van der Waals surface area (Å²) >= 11 is 0. The average molecular weight is 471 g/mol. The van der Waals surface area contributed by atoms with Crippen molar-refractivity contribution in [1.29, 1.82) is 0 Å². The van der Waals surface area contributed by atoms with Crippen LogP contribution >= 0.6 is 0 Å². The summed E-state index contributed by atoms with van der Waals surface area (Å²) in [7, 11) is 0. The predicted molar refractivity (Wildman–Crippen MR) is 137 cm³/mol. The Hall–Kier alpha value is -3.32. The van der Waals surface area contributed by atoms with Crippen LogP contribution in [0.15, 0.2) is 61.1 Å². The van der Waals surface area contributed by atoms with Gasteiger partial charge in [0.25, 0.3) is 0 Å². The number of hydrogen-bond donors (Lipinski definition) is 1. The summed E-state index contributed by atoms with van der Waals surface area (Å²) in [5.41, 5.74) is 3.76. The fourth-order valence-electron chi connectivity index (χ4n) is 5.57. The minimum atomic E-state index is -0.450. The summed E-state index contributed by atoms with van der Waals surface area (Å²) < 4.78 is 16.8. The molecule has 1 aromatic carbocycles. The lowest BCUT2D eigenvalue weighted by Crippen LogP contribution is -2.41. The highest BCUT2D eigenvalue weighted by Gasteiger charge is 2.24. The highest BCUT2D eigenvalue weighted by Crippen LogP contribution is 2.28. The summed E-state index contributed by atoms with van der Waals surface area (Å²) in [4.78, 5) is 15.9. The number of pyridine rings is 1. The molecule has 0 unspecified atom stereocenters. The van der Waals surface area contributed by atoms with Crippen molar-refractivity contribution in [2.75, 3.05) is 25.0 Å². The van der Waals surface area contributed by atoms with E-state index in [1.165, 1.54) is 38.4 Å². The fourth-order valence-corrected chi connectivity index (χ4v) is 5.57. The molecule has 0 spiro atoms. The number of imidazole rings is 1. The molecule has 2 fully saturated rings. The van der Waals surface area contributed by atoms with E-state index in [9.17, 15) is 4.39 Å². The number of halogens is 1. The second-order valence-electron chi connectivity index (χ2n) is 9.92. The first-order valence-corrected chi connectivity index (χ1v) is 12.8. The van der Waals surface area contributed by atoms with Gasteiger partial charge in [0.15, 0.2) is 5.82 Å². The molecule has 6 nitrogen and oxygen atoms in total. The topological polar surface area (TPSA) is 58.4 Å². The van der Waals surface area contributed by atoms with Crippen LogP contribution in [0, 0.1) is 11.7 Å². The van der Waals surface area contributed by atoms with Gasteiger partial charge in [0.05, 0.1) is 18.1 Å². The Morgan fingerprint density at radius 3 is 2.49 bits per heavy atom. The molecule has 6 rings (SSSR count). The molecule has 180 valence electrons. The molecule has 2 aliphatic rings. The molecule has 1 saturated carbocycles. The minimum Gasteiger partial charge on any atom is -0.351 e. The number of hydrogen-bond acceptors (Lipinski definition) is 5. The molecule has 1 saturated heterocycles. The fraction of sp³-hybridized carbons (Fsp3) is 0.393. The zero-order valence-electron chi connectivity index (χ0n) is 19.9. The number of fused-ring (bicyclic) bond motifs is 1. The number of piperidine rings is 1. The van der Waals surface area contributed by atoms with Gasteiger partial charge in [0.2, 0.25) is 5.95 Å². The highest BCUT2D eigenvalue weighted by molar-refractivity contribution is 5.68. The Kier molecular flexibility index (Phi) is 6.17. The number of aromatic nitrogens is 4. The SMILES string of the molecule is Fc1cnc(NC2CCN(CC3CCCC3)CC2)nc1-c1cnc2ccc(-c3ccccc3)cn12. The Balaban J connectivity index is 1.19. The van der Waals surface area contributed by atoms with E-state index in [0.29, 0.717) is 17.7 Å². The molecule has 0 amide bonds. The Morgan fingerprint density at radius 1 is 0.886 bits per heavy atom. The van der Waals surface area contributed by atoms with Crippen LogP contribution in [-0.4, -0.2) is 49.9 Å².